The zero-order valence-corrected chi connectivity index (χ0v) is 12.1. The van der Waals surface area contributed by atoms with Gasteiger partial charge >= 0.3 is 0 Å². The van der Waals surface area contributed by atoms with Gasteiger partial charge < -0.3 is 5.32 Å². The molecule has 4 heteroatoms. The maximum Gasteiger partial charge on any atom is 0.0637 e. The van der Waals surface area contributed by atoms with Crippen molar-refractivity contribution in [1.82, 2.24) is 15.1 Å². The number of hydrogen-bond acceptors (Lipinski definition) is 3. The van der Waals surface area contributed by atoms with Gasteiger partial charge in [0.05, 0.1) is 5.69 Å². The second kappa shape index (κ2) is 6.16. The molecule has 0 aliphatic heterocycles. The van der Waals surface area contributed by atoms with E-state index in [0.717, 1.165) is 18.7 Å². The standard InChI is InChI=1S/C14H21N3S/c1-11(2)14(13-5-4-10-18-13)15-8-6-12-7-9-17(3)16-12/h4-5,7,9-11,14-15H,6,8H2,1-3H3. The van der Waals surface area contributed by atoms with Crippen molar-refractivity contribution in [3.05, 3.63) is 40.3 Å². The van der Waals surface area contributed by atoms with Gasteiger partial charge in [0.2, 0.25) is 0 Å². The van der Waals surface area contributed by atoms with Gasteiger partial charge in [0.1, 0.15) is 0 Å². The Hall–Kier alpha value is -1.13. The number of nitrogens with zero attached hydrogens (tertiary/aromatic N) is 2. The van der Waals surface area contributed by atoms with Gasteiger partial charge in [-0.15, -0.1) is 11.3 Å². The van der Waals surface area contributed by atoms with Gasteiger partial charge in [-0.1, -0.05) is 19.9 Å². The Morgan fingerprint density at radius 3 is 2.78 bits per heavy atom. The minimum atomic E-state index is 0.453. The van der Waals surface area contributed by atoms with Crippen molar-refractivity contribution in [3.8, 4) is 0 Å². The quantitative estimate of drug-likeness (QED) is 0.868. The Labute approximate surface area is 113 Å². The lowest BCUT2D eigenvalue weighted by Crippen LogP contribution is -2.27. The first-order valence-corrected chi connectivity index (χ1v) is 7.30. The Kier molecular flexibility index (Phi) is 4.55. The Balaban J connectivity index is 1.87. The summed E-state index contributed by atoms with van der Waals surface area (Å²) < 4.78 is 1.86. The van der Waals surface area contributed by atoms with Gasteiger partial charge in [-0.25, -0.2) is 0 Å². The van der Waals surface area contributed by atoms with Gasteiger partial charge in [-0.2, -0.15) is 5.10 Å². The zero-order valence-electron chi connectivity index (χ0n) is 11.3. The van der Waals surface area contributed by atoms with Crippen LogP contribution < -0.4 is 5.32 Å². The van der Waals surface area contributed by atoms with E-state index in [2.05, 4.69) is 47.8 Å². The average Bonchev–Trinajstić information content (AvgIpc) is 2.95. The monoisotopic (exact) mass is 263 g/mol. The fourth-order valence-electron chi connectivity index (χ4n) is 2.09. The normalized spacial score (nSPS) is 13.1. The van der Waals surface area contributed by atoms with Crippen molar-refractivity contribution in [2.75, 3.05) is 6.54 Å². The number of nitrogens with one attached hydrogen (secondary N) is 1. The van der Waals surface area contributed by atoms with Gasteiger partial charge in [-0.05, 0) is 23.4 Å². The molecule has 1 unspecified atom stereocenters. The molecule has 0 amide bonds. The molecule has 18 heavy (non-hydrogen) atoms. The highest BCUT2D eigenvalue weighted by molar-refractivity contribution is 7.10. The molecule has 0 saturated carbocycles. The van der Waals surface area contributed by atoms with Crippen LogP contribution >= 0.6 is 11.3 Å². The predicted octanol–water partition coefficient (Wildman–Crippen LogP) is 3.01. The molecule has 0 bridgehead atoms. The van der Waals surface area contributed by atoms with Crippen LogP contribution in [-0.4, -0.2) is 16.3 Å². The van der Waals surface area contributed by atoms with E-state index in [-0.39, 0.29) is 0 Å². The van der Waals surface area contributed by atoms with E-state index < -0.39 is 0 Å². The van der Waals surface area contributed by atoms with Crippen molar-refractivity contribution in [1.29, 1.82) is 0 Å². The molecule has 0 aliphatic rings. The van der Waals surface area contributed by atoms with Crippen LogP contribution in [0.15, 0.2) is 29.8 Å². The first-order valence-electron chi connectivity index (χ1n) is 6.42. The molecule has 0 radical (unpaired) electrons. The molecule has 98 valence electrons. The molecule has 1 atom stereocenters. The number of hydrogen-bond donors (Lipinski definition) is 1. The average molecular weight is 263 g/mol. The molecule has 2 aromatic rings. The van der Waals surface area contributed by atoms with E-state index in [4.69, 9.17) is 0 Å². The summed E-state index contributed by atoms with van der Waals surface area (Å²) in [6.07, 6.45) is 2.98. The highest BCUT2D eigenvalue weighted by Crippen LogP contribution is 2.25. The molecule has 3 nitrogen and oxygen atoms in total. The molecule has 0 aliphatic carbocycles. The minimum Gasteiger partial charge on any atom is -0.309 e. The topological polar surface area (TPSA) is 29.9 Å². The summed E-state index contributed by atoms with van der Waals surface area (Å²) in [6.45, 7) is 5.49. The number of thiophene rings is 1. The molecule has 1 N–H and O–H groups in total. The Morgan fingerprint density at radius 2 is 2.22 bits per heavy atom. The molecular weight excluding hydrogens is 242 g/mol. The van der Waals surface area contributed by atoms with E-state index in [1.807, 2.05) is 29.3 Å². The molecule has 0 spiro atoms. The van der Waals surface area contributed by atoms with Gasteiger partial charge in [-0.3, -0.25) is 4.68 Å². The SMILES string of the molecule is CC(C)C(NCCc1ccn(C)n1)c1cccs1. The largest absolute Gasteiger partial charge is 0.309 e. The van der Waals surface area contributed by atoms with Crippen molar-refractivity contribution < 1.29 is 0 Å². The highest BCUT2D eigenvalue weighted by atomic mass is 32.1. The van der Waals surface area contributed by atoms with Crippen molar-refractivity contribution in [2.45, 2.75) is 26.3 Å². The molecule has 0 fully saturated rings. The summed E-state index contributed by atoms with van der Waals surface area (Å²) >= 11 is 1.83. The Bertz CT molecular complexity index is 459. The zero-order chi connectivity index (χ0) is 13.0. The summed E-state index contributed by atoms with van der Waals surface area (Å²) in [5.74, 6) is 0.604. The van der Waals surface area contributed by atoms with E-state index in [0.29, 0.717) is 12.0 Å². The fraction of sp³-hybridized carbons (Fsp3) is 0.500. The first-order chi connectivity index (χ1) is 8.66. The lowest BCUT2D eigenvalue weighted by atomic mass is 10.0. The fourth-order valence-corrected chi connectivity index (χ4v) is 3.06. The summed E-state index contributed by atoms with van der Waals surface area (Å²) in [5.41, 5.74) is 1.15. The lowest BCUT2D eigenvalue weighted by molar-refractivity contribution is 0.419. The first kappa shape index (κ1) is 13.3. The highest BCUT2D eigenvalue weighted by Gasteiger charge is 2.15. The van der Waals surface area contributed by atoms with Crippen LogP contribution in [0.25, 0.3) is 0 Å². The van der Waals surface area contributed by atoms with E-state index in [1.54, 1.807) is 0 Å². The van der Waals surface area contributed by atoms with Crippen LogP contribution in [0.1, 0.15) is 30.5 Å². The van der Waals surface area contributed by atoms with Crippen LogP contribution in [0.2, 0.25) is 0 Å². The van der Waals surface area contributed by atoms with Crippen LogP contribution in [0.3, 0.4) is 0 Å². The smallest absolute Gasteiger partial charge is 0.0637 e. The van der Waals surface area contributed by atoms with E-state index >= 15 is 0 Å². The third kappa shape index (κ3) is 3.43. The molecule has 2 rings (SSSR count). The molecule has 0 aromatic carbocycles. The molecule has 0 saturated heterocycles. The maximum absolute atomic E-state index is 4.39. The second-order valence-electron chi connectivity index (χ2n) is 4.92. The number of aryl methyl sites for hydroxylation is 1. The third-order valence-electron chi connectivity index (χ3n) is 3.03. The maximum atomic E-state index is 4.39. The summed E-state index contributed by atoms with van der Waals surface area (Å²) in [5, 5.41) is 10.2. The number of aromatic nitrogens is 2. The van der Waals surface area contributed by atoms with Crippen molar-refractivity contribution in [2.24, 2.45) is 13.0 Å². The van der Waals surface area contributed by atoms with Crippen LogP contribution in [-0.2, 0) is 13.5 Å². The van der Waals surface area contributed by atoms with Gasteiger partial charge in [0.25, 0.3) is 0 Å². The predicted molar refractivity (Wildman–Crippen MR) is 76.8 cm³/mol. The van der Waals surface area contributed by atoms with E-state index in [9.17, 15) is 0 Å². The van der Waals surface area contributed by atoms with Gasteiger partial charge in [0, 0.05) is 37.1 Å². The summed E-state index contributed by atoms with van der Waals surface area (Å²) in [4.78, 5) is 1.42. The number of rotatable bonds is 6. The van der Waals surface area contributed by atoms with Crippen LogP contribution in [0.4, 0.5) is 0 Å². The third-order valence-corrected chi connectivity index (χ3v) is 3.99. The summed E-state index contributed by atoms with van der Waals surface area (Å²) in [6, 6.07) is 6.87. The Morgan fingerprint density at radius 1 is 1.39 bits per heavy atom. The molecule has 2 heterocycles. The van der Waals surface area contributed by atoms with Crippen LogP contribution in [0.5, 0.6) is 0 Å². The summed E-state index contributed by atoms with van der Waals surface area (Å²) in [7, 11) is 1.96. The van der Waals surface area contributed by atoms with Gasteiger partial charge in [0.15, 0.2) is 0 Å². The second-order valence-corrected chi connectivity index (χ2v) is 5.90. The molecule has 2 aromatic heterocycles. The van der Waals surface area contributed by atoms with Crippen LogP contribution in [0, 0.1) is 5.92 Å². The van der Waals surface area contributed by atoms with E-state index in [1.165, 1.54) is 4.88 Å². The molecular formula is C14H21N3S. The van der Waals surface area contributed by atoms with Crippen molar-refractivity contribution in [3.63, 3.8) is 0 Å². The minimum absolute atomic E-state index is 0.453. The van der Waals surface area contributed by atoms with Crippen molar-refractivity contribution >= 4 is 11.3 Å². The lowest BCUT2D eigenvalue weighted by Gasteiger charge is -2.21.